The minimum Gasteiger partial charge on any atom is -0.450 e. The molecular formula is C14H15Br2NO3. The Hall–Kier alpha value is -0.880. The first-order chi connectivity index (χ1) is 9.61. The molecule has 4 nitrogen and oxygen atoms in total. The zero-order valence-electron chi connectivity index (χ0n) is 11.1. The molecule has 0 bridgehead atoms. The summed E-state index contributed by atoms with van der Waals surface area (Å²) < 4.78 is 10.5. The van der Waals surface area contributed by atoms with Gasteiger partial charge in [-0.1, -0.05) is 44.0 Å². The Bertz CT molecular complexity index is 640. The Morgan fingerprint density at radius 1 is 1.40 bits per heavy atom. The van der Waals surface area contributed by atoms with Gasteiger partial charge in [0.2, 0.25) is 0 Å². The fourth-order valence-corrected chi connectivity index (χ4v) is 2.65. The SMILES string of the molecule is CCOc1nc2cccc(CCCC(Br)Br)c2c(=O)o1. The Balaban J connectivity index is 2.34. The van der Waals surface area contributed by atoms with E-state index in [-0.39, 0.29) is 11.7 Å². The van der Waals surface area contributed by atoms with Crippen molar-refractivity contribution in [2.75, 3.05) is 6.61 Å². The highest BCUT2D eigenvalue weighted by Gasteiger charge is 2.11. The monoisotopic (exact) mass is 403 g/mol. The van der Waals surface area contributed by atoms with Gasteiger partial charge in [-0.3, -0.25) is 0 Å². The molecule has 0 atom stereocenters. The van der Waals surface area contributed by atoms with Gasteiger partial charge >= 0.3 is 11.7 Å². The third-order valence-corrected chi connectivity index (χ3v) is 3.78. The van der Waals surface area contributed by atoms with Crippen LogP contribution in [-0.4, -0.2) is 15.3 Å². The second kappa shape index (κ2) is 7.22. The lowest BCUT2D eigenvalue weighted by atomic mass is 10.0. The number of aromatic nitrogens is 1. The maximum atomic E-state index is 12.1. The quantitative estimate of drug-likeness (QED) is 0.682. The van der Waals surface area contributed by atoms with Crippen molar-refractivity contribution < 1.29 is 9.15 Å². The first kappa shape index (κ1) is 15.5. The highest BCUT2D eigenvalue weighted by Crippen LogP contribution is 2.21. The molecule has 6 heteroatoms. The molecule has 0 unspecified atom stereocenters. The van der Waals surface area contributed by atoms with E-state index in [0.717, 1.165) is 24.8 Å². The van der Waals surface area contributed by atoms with Gasteiger partial charge in [-0.25, -0.2) is 4.79 Å². The normalized spacial score (nSPS) is 11.2. The van der Waals surface area contributed by atoms with E-state index in [2.05, 4.69) is 36.8 Å². The summed E-state index contributed by atoms with van der Waals surface area (Å²) in [7, 11) is 0. The average Bonchev–Trinajstić information content (AvgIpc) is 2.38. The summed E-state index contributed by atoms with van der Waals surface area (Å²) in [5.41, 5.74) is 1.20. The molecule has 0 spiro atoms. The Labute approximate surface area is 133 Å². The molecule has 0 amide bonds. The third-order valence-electron chi connectivity index (χ3n) is 2.86. The number of rotatable bonds is 6. The predicted octanol–water partition coefficient (Wildman–Crippen LogP) is 4.03. The molecule has 0 aliphatic rings. The van der Waals surface area contributed by atoms with Crippen molar-refractivity contribution in [1.29, 1.82) is 0 Å². The summed E-state index contributed by atoms with van der Waals surface area (Å²) in [5, 5.41) is 0.552. The molecule has 0 aliphatic carbocycles. The first-order valence-corrected chi connectivity index (χ1v) is 8.28. The minimum absolute atomic E-state index is 0.0307. The van der Waals surface area contributed by atoms with Crippen molar-refractivity contribution in [3.05, 3.63) is 34.2 Å². The molecule has 0 saturated heterocycles. The van der Waals surface area contributed by atoms with E-state index in [1.54, 1.807) is 6.07 Å². The van der Waals surface area contributed by atoms with Gasteiger partial charge in [0.25, 0.3) is 0 Å². The van der Waals surface area contributed by atoms with Crippen LogP contribution in [0.1, 0.15) is 25.3 Å². The standard InChI is InChI=1S/C14H15Br2NO3/c1-2-19-14-17-10-7-3-5-9(6-4-8-11(15)16)12(10)13(18)20-14/h3,5,7,11H,2,4,6,8H2,1H3. The van der Waals surface area contributed by atoms with Crippen LogP contribution in [0.5, 0.6) is 6.08 Å². The van der Waals surface area contributed by atoms with Crippen LogP contribution in [0.4, 0.5) is 0 Å². The lowest BCUT2D eigenvalue weighted by Gasteiger charge is -2.06. The molecule has 0 N–H and O–H groups in total. The van der Waals surface area contributed by atoms with Crippen LogP contribution in [0.2, 0.25) is 0 Å². The molecular weight excluding hydrogens is 390 g/mol. The van der Waals surface area contributed by atoms with Crippen LogP contribution in [0, 0.1) is 0 Å². The van der Waals surface area contributed by atoms with Gasteiger partial charge in [0.1, 0.15) is 0 Å². The number of hydrogen-bond donors (Lipinski definition) is 0. The zero-order chi connectivity index (χ0) is 14.5. The van der Waals surface area contributed by atoms with Crippen LogP contribution in [-0.2, 0) is 6.42 Å². The van der Waals surface area contributed by atoms with Crippen molar-refractivity contribution in [3.63, 3.8) is 0 Å². The van der Waals surface area contributed by atoms with Gasteiger partial charge < -0.3 is 9.15 Å². The van der Waals surface area contributed by atoms with Crippen molar-refractivity contribution in [1.82, 2.24) is 4.98 Å². The molecule has 0 radical (unpaired) electrons. The fourth-order valence-electron chi connectivity index (χ4n) is 2.01. The van der Waals surface area contributed by atoms with E-state index < -0.39 is 0 Å². The second-order valence-electron chi connectivity index (χ2n) is 4.29. The van der Waals surface area contributed by atoms with Gasteiger partial charge in [0.15, 0.2) is 0 Å². The summed E-state index contributed by atoms with van der Waals surface area (Å²) in [6.07, 6.45) is 2.79. The summed E-state index contributed by atoms with van der Waals surface area (Å²) in [6, 6.07) is 5.65. The lowest BCUT2D eigenvalue weighted by molar-refractivity contribution is 0.229. The van der Waals surface area contributed by atoms with Crippen LogP contribution >= 0.6 is 31.9 Å². The Morgan fingerprint density at radius 3 is 2.90 bits per heavy atom. The van der Waals surface area contributed by atoms with Crippen molar-refractivity contribution in [2.24, 2.45) is 0 Å². The van der Waals surface area contributed by atoms with Gasteiger partial charge in [-0.05, 0) is 37.8 Å². The Morgan fingerprint density at radius 2 is 2.20 bits per heavy atom. The Kier molecular flexibility index (Phi) is 5.60. The van der Waals surface area contributed by atoms with Gasteiger partial charge in [0, 0.05) is 0 Å². The topological polar surface area (TPSA) is 52.3 Å². The van der Waals surface area contributed by atoms with Crippen molar-refractivity contribution in [2.45, 2.75) is 29.9 Å². The summed E-state index contributed by atoms with van der Waals surface area (Å²) in [4.78, 5) is 16.3. The van der Waals surface area contributed by atoms with Gasteiger partial charge in [-0.15, -0.1) is 0 Å². The van der Waals surface area contributed by atoms with Gasteiger partial charge in [0.05, 0.1) is 21.2 Å². The number of fused-ring (bicyclic) bond motifs is 1. The van der Waals surface area contributed by atoms with Crippen molar-refractivity contribution in [3.8, 4) is 6.08 Å². The van der Waals surface area contributed by atoms with Crippen LogP contribution in [0.3, 0.4) is 0 Å². The average molecular weight is 405 g/mol. The molecule has 20 heavy (non-hydrogen) atoms. The number of nitrogens with zero attached hydrogens (tertiary/aromatic N) is 1. The first-order valence-electron chi connectivity index (χ1n) is 6.45. The second-order valence-corrected chi connectivity index (χ2v) is 7.73. The zero-order valence-corrected chi connectivity index (χ0v) is 14.2. The van der Waals surface area contributed by atoms with E-state index in [1.165, 1.54) is 0 Å². The smallest absolute Gasteiger partial charge is 0.397 e. The summed E-state index contributed by atoms with van der Waals surface area (Å²) in [5.74, 6) is 0. The lowest BCUT2D eigenvalue weighted by Crippen LogP contribution is -2.07. The number of alkyl halides is 2. The van der Waals surface area contributed by atoms with E-state index in [0.29, 0.717) is 21.2 Å². The number of benzene rings is 1. The summed E-state index contributed by atoms with van der Waals surface area (Å²) in [6.45, 7) is 2.23. The highest BCUT2D eigenvalue weighted by atomic mass is 79.9. The molecule has 2 rings (SSSR count). The van der Waals surface area contributed by atoms with Gasteiger partial charge in [-0.2, -0.15) is 4.98 Å². The summed E-state index contributed by atoms with van der Waals surface area (Å²) >= 11 is 6.89. The molecule has 1 heterocycles. The minimum atomic E-state index is -0.386. The largest absolute Gasteiger partial charge is 0.450 e. The van der Waals surface area contributed by atoms with Crippen molar-refractivity contribution >= 4 is 42.8 Å². The number of hydrogen-bond acceptors (Lipinski definition) is 4. The molecule has 1 aromatic heterocycles. The fraction of sp³-hybridized carbons (Fsp3) is 0.429. The van der Waals surface area contributed by atoms with E-state index >= 15 is 0 Å². The molecule has 0 fully saturated rings. The third kappa shape index (κ3) is 3.82. The van der Waals surface area contributed by atoms with E-state index in [9.17, 15) is 4.79 Å². The maximum absolute atomic E-state index is 12.1. The molecule has 1 aromatic carbocycles. The molecule has 2 aromatic rings. The predicted molar refractivity (Wildman–Crippen MR) is 86.0 cm³/mol. The van der Waals surface area contributed by atoms with Crippen LogP contribution < -0.4 is 10.4 Å². The number of aryl methyl sites for hydroxylation is 1. The van der Waals surface area contributed by atoms with Crippen LogP contribution in [0.25, 0.3) is 10.9 Å². The molecule has 0 saturated carbocycles. The van der Waals surface area contributed by atoms with Crippen LogP contribution in [0.15, 0.2) is 27.4 Å². The molecule has 0 aliphatic heterocycles. The maximum Gasteiger partial charge on any atom is 0.397 e. The van der Waals surface area contributed by atoms with E-state index in [1.807, 2.05) is 19.1 Å². The number of halogens is 2. The number of ether oxygens (including phenoxy) is 1. The molecule has 108 valence electrons. The highest BCUT2D eigenvalue weighted by molar-refractivity contribution is 9.24. The van der Waals surface area contributed by atoms with E-state index in [4.69, 9.17) is 9.15 Å².